The largest absolute Gasteiger partial charge is 0.297 e. The summed E-state index contributed by atoms with van der Waals surface area (Å²) in [6, 6.07) is 3.78. The maximum absolute atomic E-state index is 5.93. The van der Waals surface area contributed by atoms with Crippen LogP contribution in [0.2, 0.25) is 5.02 Å². The lowest BCUT2D eigenvalue weighted by Crippen LogP contribution is -2.20. The molecule has 1 aliphatic heterocycles. The first-order chi connectivity index (χ1) is 7.28. The average Bonchev–Trinajstić information content (AvgIpc) is 2.65. The number of pyridine rings is 1. The lowest BCUT2D eigenvalue weighted by Gasteiger charge is -2.14. The fraction of sp³-hybridized carbons (Fsp3) is 0.583. The molecule has 1 atom stereocenters. The molecule has 1 aromatic rings. The zero-order chi connectivity index (χ0) is 10.7. The minimum Gasteiger partial charge on any atom is -0.297 e. The zero-order valence-corrected chi connectivity index (χ0v) is 9.87. The first-order valence-electron chi connectivity index (χ1n) is 5.60. The third kappa shape index (κ3) is 2.93. The second-order valence-corrected chi connectivity index (χ2v) is 4.70. The van der Waals surface area contributed by atoms with Gasteiger partial charge in [0.1, 0.15) is 0 Å². The highest BCUT2D eigenvalue weighted by atomic mass is 35.5. The van der Waals surface area contributed by atoms with E-state index in [-0.39, 0.29) is 0 Å². The molecule has 1 saturated heterocycles. The van der Waals surface area contributed by atoms with Crippen molar-refractivity contribution in [3.8, 4) is 0 Å². The molecular weight excluding hydrogens is 208 g/mol. The summed E-state index contributed by atoms with van der Waals surface area (Å²) in [5.41, 5.74) is 1.08. The van der Waals surface area contributed by atoms with Crippen LogP contribution in [0.1, 0.15) is 25.5 Å². The highest BCUT2D eigenvalue weighted by Crippen LogP contribution is 2.21. The molecule has 15 heavy (non-hydrogen) atoms. The molecule has 0 spiro atoms. The Hall–Kier alpha value is -0.600. The fourth-order valence-electron chi connectivity index (χ4n) is 2.15. The topological polar surface area (TPSA) is 16.1 Å². The number of halogens is 1. The van der Waals surface area contributed by atoms with E-state index in [1.54, 1.807) is 6.20 Å². The number of likely N-dealkylation sites (tertiary alicyclic amines) is 1. The maximum atomic E-state index is 5.93. The van der Waals surface area contributed by atoms with Crippen molar-refractivity contribution in [3.05, 3.63) is 29.0 Å². The molecule has 0 amide bonds. The zero-order valence-electron chi connectivity index (χ0n) is 9.12. The molecule has 2 nitrogen and oxygen atoms in total. The standard InChI is InChI=1S/C12H17ClN2/c1-2-10-4-6-15(8-10)9-12-7-11(13)3-5-14-12/h3,5,7,10H,2,4,6,8-9H2,1H3. The van der Waals surface area contributed by atoms with Gasteiger partial charge in [0.2, 0.25) is 0 Å². The Morgan fingerprint density at radius 1 is 1.60 bits per heavy atom. The Labute approximate surface area is 96.3 Å². The number of rotatable bonds is 3. The normalized spacial score (nSPS) is 22.1. The minimum atomic E-state index is 0.784. The summed E-state index contributed by atoms with van der Waals surface area (Å²) in [4.78, 5) is 6.79. The van der Waals surface area contributed by atoms with Crippen molar-refractivity contribution >= 4 is 11.6 Å². The van der Waals surface area contributed by atoms with Crippen molar-refractivity contribution in [1.82, 2.24) is 9.88 Å². The minimum absolute atomic E-state index is 0.784. The van der Waals surface area contributed by atoms with Crippen molar-refractivity contribution in [3.63, 3.8) is 0 Å². The van der Waals surface area contributed by atoms with E-state index in [0.29, 0.717) is 0 Å². The van der Waals surface area contributed by atoms with Gasteiger partial charge in [0.15, 0.2) is 0 Å². The third-order valence-corrected chi connectivity index (χ3v) is 3.35. The van der Waals surface area contributed by atoms with E-state index in [9.17, 15) is 0 Å². The summed E-state index contributed by atoms with van der Waals surface area (Å²) in [5.74, 6) is 0.879. The summed E-state index contributed by atoms with van der Waals surface area (Å²) in [6.07, 6.45) is 4.40. The van der Waals surface area contributed by atoms with Gasteiger partial charge < -0.3 is 0 Å². The summed E-state index contributed by atoms with van der Waals surface area (Å²) < 4.78 is 0. The molecule has 0 aromatic carbocycles. The quantitative estimate of drug-likeness (QED) is 0.785. The van der Waals surface area contributed by atoms with E-state index < -0.39 is 0 Å². The SMILES string of the molecule is CCC1CCN(Cc2cc(Cl)ccn2)C1. The van der Waals surface area contributed by atoms with Gasteiger partial charge in [0.25, 0.3) is 0 Å². The number of hydrogen-bond donors (Lipinski definition) is 0. The molecule has 0 radical (unpaired) electrons. The predicted molar refractivity (Wildman–Crippen MR) is 62.9 cm³/mol. The van der Waals surface area contributed by atoms with Crippen molar-refractivity contribution in [2.45, 2.75) is 26.3 Å². The second kappa shape index (κ2) is 4.95. The van der Waals surface area contributed by atoms with Crippen molar-refractivity contribution in [1.29, 1.82) is 0 Å². The average molecular weight is 225 g/mol. The number of hydrogen-bond acceptors (Lipinski definition) is 2. The van der Waals surface area contributed by atoms with E-state index >= 15 is 0 Å². The van der Waals surface area contributed by atoms with Gasteiger partial charge in [-0.05, 0) is 31.0 Å². The lowest BCUT2D eigenvalue weighted by molar-refractivity contribution is 0.311. The van der Waals surface area contributed by atoms with Crippen LogP contribution in [0.25, 0.3) is 0 Å². The smallest absolute Gasteiger partial charge is 0.0558 e. The van der Waals surface area contributed by atoms with Crippen molar-refractivity contribution < 1.29 is 0 Å². The molecule has 2 heterocycles. The fourth-order valence-corrected chi connectivity index (χ4v) is 2.34. The monoisotopic (exact) mass is 224 g/mol. The van der Waals surface area contributed by atoms with E-state index in [1.807, 2.05) is 12.1 Å². The van der Waals surface area contributed by atoms with Crippen LogP contribution in [0.5, 0.6) is 0 Å². The van der Waals surface area contributed by atoms with Crippen LogP contribution in [0, 0.1) is 5.92 Å². The summed E-state index contributed by atoms with van der Waals surface area (Å²) >= 11 is 5.93. The first kappa shape index (κ1) is 10.9. The second-order valence-electron chi connectivity index (χ2n) is 4.26. The van der Waals surface area contributed by atoms with Gasteiger partial charge >= 0.3 is 0 Å². The van der Waals surface area contributed by atoms with Crippen molar-refractivity contribution in [2.24, 2.45) is 5.92 Å². The van der Waals surface area contributed by atoms with E-state index in [2.05, 4.69) is 16.8 Å². The van der Waals surface area contributed by atoms with E-state index in [1.165, 1.54) is 25.9 Å². The highest BCUT2D eigenvalue weighted by molar-refractivity contribution is 6.30. The van der Waals surface area contributed by atoms with Gasteiger partial charge in [0, 0.05) is 24.3 Å². The highest BCUT2D eigenvalue weighted by Gasteiger charge is 2.20. The van der Waals surface area contributed by atoms with Crippen LogP contribution in [0.4, 0.5) is 0 Å². The Morgan fingerprint density at radius 2 is 2.47 bits per heavy atom. The molecule has 2 rings (SSSR count). The third-order valence-electron chi connectivity index (χ3n) is 3.11. The Bertz CT molecular complexity index is 327. The van der Waals surface area contributed by atoms with Crippen LogP contribution in [-0.4, -0.2) is 23.0 Å². The first-order valence-corrected chi connectivity index (χ1v) is 5.98. The molecular formula is C12H17ClN2. The van der Waals surface area contributed by atoms with Crippen molar-refractivity contribution in [2.75, 3.05) is 13.1 Å². The molecule has 1 fully saturated rings. The molecule has 0 saturated carbocycles. The Balaban J connectivity index is 1.92. The molecule has 0 aliphatic carbocycles. The summed E-state index contributed by atoms with van der Waals surface area (Å²) in [5, 5.41) is 0.784. The maximum Gasteiger partial charge on any atom is 0.0558 e. The van der Waals surface area contributed by atoms with Gasteiger partial charge in [-0.2, -0.15) is 0 Å². The van der Waals surface area contributed by atoms with E-state index in [4.69, 9.17) is 11.6 Å². The lowest BCUT2D eigenvalue weighted by atomic mass is 10.1. The predicted octanol–water partition coefficient (Wildman–Crippen LogP) is 2.97. The summed E-state index contributed by atoms with van der Waals surface area (Å²) in [6.45, 7) is 5.63. The molecule has 1 unspecified atom stereocenters. The van der Waals surface area contributed by atoms with Gasteiger partial charge in [-0.3, -0.25) is 9.88 Å². The van der Waals surface area contributed by atoms with Gasteiger partial charge in [-0.15, -0.1) is 0 Å². The Kier molecular flexibility index (Phi) is 3.60. The molecule has 1 aromatic heterocycles. The van der Waals surface area contributed by atoms with Crippen LogP contribution in [-0.2, 0) is 6.54 Å². The van der Waals surface area contributed by atoms with Gasteiger partial charge in [-0.1, -0.05) is 24.9 Å². The molecule has 1 aliphatic rings. The molecule has 3 heteroatoms. The van der Waals surface area contributed by atoms with E-state index in [0.717, 1.165) is 23.2 Å². The molecule has 0 N–H and O–H groups in total. The molecule has 0 bridgehead atoms. The summed E-state index contributed by atoms with van der Waals surface area (Å²) in [7, 11) is 0. The Morgan fingerprint density at radius 3 is 3.13 bits per heavy atom. The van der Waals surface area contributed by atoms with Gasteiger partial charge in [0.05, 0.1) is 5.69 Å². The number of aromatic nitrogens is 1. The van der Waals surface area contributed by atoms with Gasteiger partial charge in [-0.25, -0.2) is 0 Å². The van der Waals surface area contributed by atoms with Crippen LogP contribution >= 0.6 is 11.6 Å². The van der Waals surface area contributed by atoms with Crippen LogP contribution in [0.3, 0.4) is 0 Å². The molecule has 82 valence electrons. The number of nitrogens with zero attached hydrogens (tertiary/aromatic N) is 2. The van der Waals surface area contributed by atoms with Crippen LogP contribution < -0.4 is 0 Å². The van der Waals surface area contributed by atoms with Crippen LogP contribution in [0.15, 0.2) is 18.3 Å².